The average molecular weight is 222 g/mol. The molecule has 0 radical (unpaired) electrons. The minimum Gasteiger partial charge on any atom is -0.386 e. The normalized spacial score (nSPS) is 12.8. The molecule has 1 unspecified atom stereocenters. The van der Waals surface area contributed by atoms with E-state index in [1.807, 2.05) is 17.7 Å². The van der Waals surface area contributed by atoms with Gasteiger partial charge in [-0.15, -0.1) is 0 Å². The maximum Gasteiger partial charge on any atom is 0.0993 e. The van der Waals surface area contributed by atoms with Crippen molar-refractivity contribution >= 4 is 0 Å². The summed E-state index contributed by atoms with van der Waals surface area (Å²) in [6.07, 6.45) is 1.98. The van der Waals surface area contributed by atoms with Crippen LogP contribution in [0.5, 0.6) is 0 Å². The highest BCUT2D eigenvalue weighted by atomic mass is 16.3. The first-order valence-corrected chi connectivity index (χ1v) is 6.03. The Balaban J connectivity index is 2.84. The van der Waals surface area contributed by atoms with Gasteiger partial charge in [0.1, 0.15) is 0 Å². The van der Waals surface area contributed by atoms with E-state index in [0.29, 0.717) is 6.42 Å². The van der Waals surface area contributed by atoms with Crippen molar-refractivity contribution < 1.29 is 5.11 Å². The number of aliphatic hydroxyl groups is 1. The average Bonchev–Trinajstić information content (AvgIpc) is 2.71. The summed E-state index contributed by atoms with van der Waals surface area (Å²) in [6, 6.07) is 2.00. The van der Waals surface area contributed by atoms with Gasteiger partial charge in [-0.2, -0.15) is 5.10 Å². The molecule has 0 fully saturated rings. The molecule has 0 amide bonds. The predicted molar refractivity (Wildman–Crippen MR) is 66.3 cm³/mol. The second kappa shape index (κ2) is 5.85. The number of nitrogens with zero attached hydrogens (tertiary/aromatic N) is 2. The van der Waals surface area contributed by atoms with Crippen LogP contribution in [0.1, 0.15) is 51.1 Å². The number of aliphatic hydroxyl groups excluding tert-OH is 1. The molecular weight excluding hydrogens is 200 g/mol. The van der Waals surface area contributed by atoms with Crippen molar-refractivity contribution in [1.29, 1.82) is 0 Å². The number of hydrogen-bond donors (Lipinski definition) is 1. The fraction of sp³-hybridized carbons (Fsp3) is 0.615. The molecule has 3 heteroatoms. The lowest BCUT2D eigenvalue weighted by molar-refractivity contribution is 0.166. The van der Waals surface area contributed by atoms with E-state index in [2.05, 4.69) is 25.5 Å². The molecule has 1 atom stereocenters. The molecule has 0 bridgehead atoms. The largest absolute Gasteiger partial charge is 0.386 e. The van der Waals surface area contributed by atoms with Crippen LogP contribution < -0.4 is 0 Å². The van der Waals surface area contributed by atoms with Crippen molar-refractivity contribution in [3.8, 4) is 0 Å². The molecular formula is C13H22N2O. The lowest BCUT2D eigenvalue weighted by Crippen LogP contribution is -2.08. The summed E-state index contributed by atoms with van der Waals surface area (Å²) in [6.45, 7) is 10.9. The molecule has 0 aromatic carbocycles. The van der Waals surface area contributed by atoms with Gasteiger partial charge in [0.25, 0.3) is 0 Å². The van der Waals surface area contributed by atoms with E-state index in [4.69, 9.17) is 0 Å². The SMILES string of the molecule is C=C(CC)CC(O)c1cc(CC)nn1CC. The van der Waals surface area contributed by atoms with E-state index >= 15 is 0 Å². The Morgan fingerprint density at radius 2 is 2.19 bits per heavy atom. The summed E-state index contributed by atoms with van der Waals surface area (Å²) >= 11 is 0. The molecule has 0 saturated heterocycles. The molecule has 0 aliphatic carbocycles. The van der Waals surface area contributed by atoms with E-state index in [9.17, 15) is 5.11 Å². The minimum absolute atomic E-state index is 0.472. The second-order valence-electron chi connectivity index (χ2n) is 4.05. The maximum atomic E-state index is 10.1. The maximum absolute atomic E-state index is 10.1. The van der Waals surface area contributed by atoms with Crippen LogP contribution in [0.25, 0.3) is 0 Å². The first-order valence-electron chi connectivity index (χ1n) is 6.03. The Labute approximate surface area is 97.8 Å². The van der Waals surface area contributed by atoms with Crippen LogP contribution in [0, 0.1) is 0 Å². The second-order valence-corrected chi connectivity index (χ2v) is 4.05. The number of aryl methyl sites for hydroxylation is 2. The Morgan fingerprint density at radius 1 is 1.50 bits per heavy atom. The smallest absolute Gasteiger partial charge is 0.0993 e. The van der Waals surface area contributed by atoms with Gasteiger partial charge in [-0.05, 0) is 32.3 Å². The highest BCUT2D eigenvalue weighted by Gasteiger charge is 2.15. The van der Waals surface area contributed by atoms with Gasteiger partial charge in [0.2, 0.25) is 0 Å². The van der Waals surface area contributed by atoms with E-state index in [1.165, 1.54) is 0 Å². The van der Waals surface area contributed by atoms with Gasteiger partial charge in [-0.3, -0.25) is 4.68 Å². The van der Waals surface area contributed by atoms with Crippen LogP contribution in [-0.2, 0) is 13.0 Å². The Kier molecular flexibility index (Phi) is 4.74. The number of rotatable bonds is 6. The first-order chi connectivity index (χ1) is 7.62. The van der Waals surface area contributed by atoms with Crippen molar-refractivity contribution in [2.45, 2.75) is 52.7 Å². The zero-order valence-corrected chi connectivity index (χ0v) is 10.5. The molecule has 1 N–H and O–H groups in total. The predicted octanol–water partition coefficient (Wildman–Crippen LogP) is 2.86. The zero-order chi connectivity index (χ0) is 12.1. The molecule has 0 aliphatic rings. The van der Waals surface area contributed by atoms with Gasteiger partial charge in [-0.25, -0.2) is 0 Å². The molecule has 16 heavy (non-hydrogen) atoms. The first kappa shape index (κ1) is 13.0. The molecule has 1 aromatic heterocycles. The van der Waals surface area contributed by atoms with Gasteiger partial charge >= 0.3 is 0 Å². The third-order valence-corrected chi connectivity index (χ3v) is 2.85. The Bertz CT molecular complexity index is 355. The molecule has 3 nitrogen and oxygen atoms in total. The van der Waals surface area contributed by atoms with E-state index in [0.717, 1.165) is 36.3 Å². The Hall–Kier alpha value is -1.09. The van der Waals surface area contributed by atoms with Gasteiger partial charge in [0.05, 0.1) is 17.5 Å². The highest BCUT2D eigenvalue weighted by molar-refractivity contribution is 5.15. The zero-order valence-electron chi connectivity index (χ0n) is 10.5. The molecule has 1 rings (SSSR count). The van der Waals surface area contributed by atoms with Gasteiger partial charge in [0, 0.05) is 6.54 Å². The van der Waals surface area contributed by atoms with Crippen molar-refractivity contribution in [2.75, 3.05) is 0 Å². The molecule has 0 saturated carbocycles. The fourth-order valence-electron chi connectivity index (χ4n) is 1.70. The van der Waals surface area contributed by atoms with Crippen molar-refractivity contribution in [3.05, 3.63) is 29.6 Å². The molecule has 1 aromatic rings. The number of aromatic nitrogens is 2. The summed E-state index contributed by atoms with van der Waals surface area (Å²) in [5.41, 5.74) is 3.03. The monoisotopic (exact) mass is 222 g/mol. The van der Waals surface area contributed by atoms with Crippen molar-refractivity contribution in [3.63, 3.8) is 0 Å². The Morgan fingerprint density at radius 3 is 2.69 bits per heavy atom. The summed E-state index contributed by atoms with van der Waals surface area (Å²) < 4.78 is 1.88. The summed E-state index contributed by atoms with van der Waals surface area (Å²) in [4.78, 5) is 0. The molecule has 1 heterocycles. The minimum atomic E-state index is -0.472. The summed E-state index contributed by atoms with van der Waals surface area (Å²) in [5, 5.41) is 14.5. The third kappa shape index (κ3) is 2.95. The van der Waals surface area contributed by atoms with E-state index in [-0.39, 0.29) is 0 Å². The van der Waals surface area contributed by atoms with Crippen molar-refractivity contribution in [1.82, 2.24) is 9.78 Å². The molecule has 0 spiro atoms. The van der Waals surface area contributed by atoms with Crippen LogP contribution >= 0.6 is 0 Å². The highest BCUT2D eigenvalue weighted by Crippen LogP contribution is 2.22. The standard InChI is InChI=1S/C13H22N2O/c1-5-10(4)8-13(16)12-9-11(6-2)14-15(12)7-3/h9,13,16H,4-8H2,1-3H3. The van der Waals surface area contributed by atoms with Crippen LogP contribution in [0.3, 0.4) is 0 Å². The molecule has 90 valence electrons. The fourth-order valence-corrected chi connectivity index (χ4v) is 1.70. The van der Waals surface area contributed by atoms with Crippen molar-refractivity contribution in [2.24, 2.45) is 0 Å². The lowest BCUT2D eigenvalue weighted by atomic mass is 10.1. The number of hydrogen-bond acceptors (Lipinski definition) is 2. The third-order valence-electron chi connectivity index (χ3n) is 2.85. The lowest BCUT2D eigenvalue weighted by Gasteiger charge is -2.12. The van der Waals surface area contributed by atoms with E-state index in [1.54, 1.807) is 0 Å². The quantitative estimate of drug-likeness (QED) is 0.752. The summed E-state index contributed by atoms with van der Waals surface area (Å²) in [5.74, 6) is 0. The topological polar surface area (TPSA) is 38.1 Å². The van der Waals surface area contributed by atoms with E-state index < -0.39 is 6.10 Å². The van der Waals surface area contributed by atoms with Crippen LogP contribution in [0.4, 0.5) is 0 Å². The van der Waals surface area contributed by atoms with Crippen LogP contribution in [0.2, 0.25) is 0 Å². The van der Waals surface area contributed by atoms with Crippen LogP contribution in [0.15, 0.2) is 18.2 Å². The molecule has 0 aliphatic heterocycles. The van der Waals surface area contributed by atoms with Crippen LogP contribution in [-0.4, -0.2) is 14.9 Å². The van der Waals surface area contributed by atoms with Gasteiger partial charge in [0.15, 0.2) is 0 Å². The summed E-state index contributed by atoms with van der Waals surface area (Å²) in [7, 11) is 0. The van der Waals surface area contributed by atoms with Gasteiger partial charge in [-0.1, -0.05) is 26.0 Å². The van der Waals surface area contributed by atoms with Gasteiger partial charge < -0.3 is 5.11 Å².